The molecule has 0 aromatic heterocycles. The summed E-state index contributed by atoms with van der Waals surface area (Å²) in [5, 5.41) is 0. The van der Waals surface area contributed by atoms with Gasteiger partial charge in [0.1, 0.15) is 0 Å². The summed E-state index contributed by atoms with van der Waals surface area (Å²) in [4.78, 5) is 0. The Kier molecular flexibility index (Phi) is 3.17. The molecule has 1 saturated heterocycles. The molecule has 0 bridgehead atoms. The molecule has 4 heteroatoms. The van der Waals surface area contributed by atoms with E-state index < -0.39 is 4.44 Å². The highest BCUT2D eigenvalue weighted by atomic mass is 33.2. The van der Waals surface area contributed by atoms with E-state index in [9.17, 15) is 0 Å². The van der Waals surface area contributed by atoms with Gasteiger partial charge in [-0.2, -0.15) is 0 Å². The van der Waals surface area contributed by atoms with Crippen molar-refractivity contribution in [3.8, 4) is 0 Å². The van der Waals surface area contributed by atoms with Crippen molar-refractivity contribution in [2.24, 2.45) is 5.92 Å². The summed E-state index contributed by atoms with van der Waals surface area (Å²) in [5.41, 5.74) is 0.921. The molecule has 2 rings (SSSR count). The number of rotatable bonds is 1. The number of hydrogen-bond acceptors (Lipinski definition) is 3. The predicted octanol–water partition coefficient (Wildman–Crippen LogP) is 3.96. The molecule has 12 heavy (non-hydrogen) atoms. The van der Waals surface area contributed by atoms with E-state index in [1.807, 2.05) is 0 Å². The minimum absolute atomic E-state index is 0.921. The Labute approximate surface area is 88.1 Å². The molecule has 1 heterocycles. The van der Waals surface area contributed by atoms with Crippen molar-refractivity contribution < 1.29 is 0 Å². The van der Waals surface area contributed by atoms with Crippen LogP contribution >= 0.6 is 27.2 Å². The molecule has 0 aromatic carbocycles. The zero-order valence-electron chi connectivity index (χ0n) is 7.36. The van der Waals surface area contributed by atoms with Gasteiger partial charge in [-0.05, 0) is 12.3 Å². The molecule has 0 nitrogen and oxygen atoms in total. The van der Waals surface area contributed by atoms with Gasteiger partial charge in [-0.25, -0.2) is 0 Å². The summed E-state index contributed by atoms with van der Waals surface area (Å²) in [6.07, 6.45) is 4.30. The Hall–Kier alpha value is 1.35. The lowest BCUT2D eigenvalue weighted by atomic mass is 10.1. The van der Waals surface area contributed by atoms with Gasteiger partial charge in [0.25, 0.3) is 0 Å². The molecule has 0 radical (unpaired) electrons. The quantitative estimate of drug-likeness (QED) is 0.635. The lowest BCUT2D eigenvalue weighted by Crippen LogP contribution is -2.06. The fourth-order valence-corrected chi connectivity index (χ4v) is 15.4. The topological polar surface area (TPSA) is 0 Å². The van der Waals surface area contributed by atoms with E-state index in [0.29, 0.717) is 0 Å². The van der Waals surface area contributed by atoms with Crippen LogP contribution < -0.4 is 0 Å². The van der Waals surface area contributed by atoms with E-state index in [1.165, 1.54) is 30.8 Å². The van der Waals surface area contributed by atoms with Gasteiger partial charge in [-0.15, -0.1) is 22.8 Å². The molecule has 0 amide bonds. The third-order valence-corrected chi connectivity index (χ3v) is 15.7. The van der Waals surface area contributed by atoms with Gasteiger partial charge in [0, 0.05) is 17.2 Å². The van der Waals surface area contributed by atoms with Gasteiger partial charge in [-0.1, -0.05) is 31.6 Å². The van der Waals surface area contributed by atoms with E-state index in [-0.39, 0.29) is 0 Å². The van der Waals surface area contributed by atoms with Crippen molar-refractivity contribution in [1.29, 1.82) is 0 Å². The Balaban J connectivity index is 2.11. The molecular formula is C8H15PS3. The molecular weight excluding hydrogens is 223 g/mol. The Morgan fingerprint density at radius 1 is 1.25 bits per heavy atom. The van der Waals surface area contributed by atoms with Crippen molar-refractivity contribution in [3.05, 3.63) is 0 Å². The molecule has 0 aromatic rings. The van der Waals surface area contributed by atoms with Gasteiger partial charge in [-0.3, -0.25) is 0 Å². The van der Waals surface area contributed by atoms with Crippen LogP contribution in [0.25, 0.3) is 0 Å². The zero-order chi connectivity index (χ0) is 8.60. The Morgan fingerprint density at radius 3 is 2.42 bits per heavy atom. The summed E-state index contributed by atoms with van der Waals surface area (Å²) < 4.78 is -1.01. The van der Waals surface area contributed by atoms with Crippen LogP contribution in [0.15, 0.2) is 0 Å². The van der Waals surface area contributed by atoms with E-state index in [4.69, 9.17) is 11.8 Å². The molecule has 0 unspecified atom stereocenters. The number of hydrogen-bond donors (Lipinski definition) is 0. The molecule has 0 N–H and O–H groups in total. The van der Waals surface area contributed by atoms with Crippen LogP contribution in [0.1, 0.15) is 26.2 Å². The van der Waals surface area contributed by atoms with Crippen molar-refractivity contribution >= 4 is 39.0 Å². The fraction of sp³-hybridized carbons (Fsp3) is 1.00. The Morgan fingerprint density at radius 2 is 1.92 bits per heavy atom. The largest absolute Gasteiger partial charge is 0.113 e. The van der Waals surface area contributed by atoms with Crippen molar-refractivity contribution in [1.82, 2.24) is 0 Å². The van der Waals surface area contributed by atoms with E-state index in [1.54, 1.807) is 0 Å². The standard InChI is InChI=1S/C8H15PS3/c1-7-3-2-4-8(7)9(10)11-5-6-12-9/h7-8H,2-6H2,1H3/t7-,8-/m1/s1. The van der Waals surface area contributed by atoms with Gasteiger partial charge in [0.2, 0.25) is 0 Å². The Bertz CT molecular complexity index is 206. The first kappa shape index (κ1) is 9.89. The summed E-state index contributed by atoms with van der Waals surface area (Å²) in [5.74, 6) is 3.57. The third-order valence-electron chi connectivity index (χ3n) is 2.85. The summed E-state index contributed by atoms with van der Waals surface area (Å²) in [6, 6.07) is 0. The van der Waals surface area contributed by atoms with Crippen molar-refractivity contribution in [2.75, 3.05) is 11.5 Å². The molecule has 1 aliphatic heterocycles. The van der Waals surface area contributed by atoms with Gasteiger partial charge in [0.05, 0.1) is 4.44 Å². The van der Waals surface area contributed by atoms with Gasteiger partial charge in [0.15, 0.2) is 0 Å². The first-order valence-corrected chi connectivity index (χ1v) is 10.7. The lowest BCUT2D eigenvalue weighted by molar-refractivity contribution is 0.623. The van der Waals surface area contributed by atoms with Crippen LogP contribution in [0.2, 0.25) is 0 Å². The minimum Gasteiger partial charge on any atom is -0.113 e. The normalized spacial score (nSPS) is 40.4. The SMILES string of the molecule is C[C@@H]1CCC[C@H]1P1(=S)SCCS1. The highest BCUT2D eigenvalue weighted by molar-refractivity contribution is 9.02. The second kappa shape index (κ2) is 3.84. The first-order valence-electron chi connectivity index (χ1n) is 4.61. The molecule has 2 aliphatic rings. The molecule has 2 fully saturated rings. The monoisotopic (exact) mass is 238 g/mol. The van der Waals surface area contributed by atoms with Gasteiger partial charge < -0.3 is 0 Å². The maximum atomic E-state index is 5.84. The maximum Gasteiger partial charge on any atom is 0.0604 e. The van der Waals surface area contributed by atoms with E-state index in [2.05, 4.69) is 29.7 Å². The van der Waals surface area contributed by atoms with E-state index in [0.717, 1.165) is 11.6 Å². The maximum absolute atomic E-state index is 5.84. The van der Waals surface area contributed by atoms with E-state index >= 15 is 0 Å². The first-order chi connectivity index (χ1) is 5.72. The molecule has 70 valence electrons. The molecule has 2 atom stereocenters. The smallest absolute Gasteiger partial charge is 0.0604 e. The van der Waals surface area contributed by atoms with Crippen LogP contribution in [0.5, 0.6) is 0 Å². The molecule has 0 spiro atoms. The van der Waals surface area contributed by atoms with Crippen molar-refractivity contribution in [2.45, 2.75) is 31.8 Å². The van der Waals surface area contributed by atoms with Crippen LogP contribution in [-0.4, -0.2) is 17.2 Å². The third kappa shape index (κ3) is 1.75. The minimum atomic E-state index is -1.01. The fourth-order valence-electron chi connectivity index (χ4n) is 2.15. The summed E-state index contributed by atoms with van der Waals surface area (Å²) >= 11 is 10.1. The summed E-state index contributed by atoms with van der Waals surface area (Å²) in [6.45, 7) is 2.41. The lowest BCUT2D eigenvalue weighted by Gasteiger charge is -2.24. The highest BCUT2D eigenvalue weighted by Gasteiger charge is 2.38. The second-order valence-electron chi connectivity index (χ2n) is 3.68. The zero-order valence-corrected chi connectivity index (χ0v) is 10.7. The molecule has 1 aliphatic carbocycles. The average Bonchev–Trinajstić information content (AvgIpc) is 2.59. The predicted molar refractivity (Wildman–Crippen MR) is 66.0 cm³/mol. The van der Waals surface area contributed by atoms with Gasteiger partial charge >= 0.3 is 0 Å². The van der Waals surface area contributed by atoms with Crippen LogP contribution in [0.4, 0.5) is 0 Å². The van der Waals surface area contributed by atoms with Crippen LogP contribution in [0.3, 0.4) is 0 Å². The van der Waals surface area contributed by atoms with Crippen molar-refractivity contribution in [3.63, 3.8) is 0 Å². The average molecular weight is 238 g/mol. The van der Waals surface area contributed by atoms with Crippen LogP contribution in [0, 0.1) is 5.92 Å². The van der Waals surface area contributed by atoms with Crippen LogP contribution in [-0.2, 0) is 11.8 Å². The summed E-state index contributed by atoms with van der Waals surface area (Å²) in [7, 11) is 0. The highest BCUT2D eigenvalue weighted by Crippen LogP contribution is 2.79. The molecule has 1 saturated carbocycles. The second-order valence-corrected chi connectivity index (χ2v) is 15.6.